The predicted molar refractivity (Wildman–Crippen MR) is 197 cm³/mol. The van der Waals surface area contributed by atoms with Crippen LogP contribution in [0.2, 0.25) is 5.02 Å². The maximum atomic E-state index is 15.3. The molecule has 0 spiro atoms. The number of anilines is 1. The number of rotatable bonds is 11. The Hall–Kier alpha value is -5.93. The maximum Gasteiger partial charge on any atom is 0.344 e. The van der Waals surface area contributed by atoms with Gasteiger partial charge in [-0.05, 0) is 68.5 Å². The summed E-state index contributed by atoms with van der Waals surface area (Å²) in [6.45, 7) is 2.62. The third kappa shape index (κ3) is 7.40. The number of quaternary nitrogens is 1. The lowest BCUT2D eigenvalue weighted by atomic mass is 9.93. The average Bonchev–Trinajstić information content (AvgIpc) is 3.64. The van der Waals surface area contributed by atoms with Crippen LogP contribution in [0.1, 0.15) is 43.3 Å². The van der Waals surface area contributed by atoms with Crippen molar-refractivity contribution in [3.05, 3.63) is 104 Å². The Morgan fingerprint density at radius 1 is 1.18 bits per heavy atom. The van der Waals surface area contributed by atoms with Gasteiger partial charge in [0.2, 0.25) is 0 Å². The van der Waals surface area contributed by atoms with E-state index in [9.17, 15) is 27.2 Å². The highest BCUT2D eigenvalue weighted by Gasteiger charge is 2.68. The highest BCUT2D eigenvalue weighted by Crippen LogP contribution is 2.61. The standard InChI is InChI=1S/C38H33ClF6N10O2/c1-37(2,55-16-49-52-36(55)57)9-8-20-4-5-21(22-6-7-25(39)29-32(22)54(3)53-35(29)47)31(50-20)26(12-17-10-18(40)13-19(41)11-17)51-27(56)15-48-33-28(30(46)34(42)43)23-14-24(23)38(33,44)45/h4-7,10-11,13,16,23-24,26,34,46,48H,12,14-15H2,1-3H3,(H2,47,53)(H,51,56)(H,52,57)/p+1. The van der Waals surface area contributed by atoms with E-state index in [4.69, 9.17) is 27.7 Å². The number of pyridine rings is 1. The molecular weight excluding hydrogens is 778 g/mol. The molecule has 1 fully saturated rings. The first-order chi connectivity index (χ1) is 26.9. The number of aryl methyl sites for hydroxylation is 1. The summed E-state index contributed by atoms with van der Waals surface area (Å²) in [5, 5.41) is 22.5. The zero-order valence-corrected chi connectivity index (χ0v) is 31.2. The van der Waals surface area contributed by atoms with Crippen LogP contribution in [0.5, 0.6) is 0 Å². The Morgan fingerprint density at radius 2 is 1.88 bits per heavy atom. The minimum atomic E-state index is -3.53. The third-order valence-corrected chi connectivity index (χ3v) is 10.4. The van der Waals surface area contributed by atoms with Crippen molar-refractivity contribution in [1.82, 2.24) is 34.8 Å². The molecule has 1 saturated carbocycles. The second-order valence-corrected chi connectivity index (χ2v) is 14.8. The van der Waals surface area contributed by atoms with Gasteiger partial charge < -0.3 is 16.4 Å². The number of nitrogens with one attached hydrogen (secondary N) is 3. The van der Waals surface area contributed by atoms with E-state index in [0.717, 1.165) is 17.4 Å². The Kier molecular flexibility index (Phi) is 10.0. The fourth-order valence-electron chi connectivity index (χ4n) is 7.42. The summed E-state index contributed by atoms with van der Waals surface area (Å²) < 4.78 is 89.6. The fourth-order valence-corrected chi connectivity index (χ4v) is 7.67. The number of aromatic amines is 1. The molecule has 19 heteroatoms. The number of alkyl halides is 4. The molecule has 1 amide bonds. The number of allylic oxidation sites excluding steroid dienone is 2. The zero-order valence-electron chi connectivity index (χ0n) is 30.4. The molecule has 3 atom stereocenters. The topological polar surface area (TPSA) is 177 Å². The average molecular weight is 812 g/mol. The number of amides is 1. The van der Waals surface area contributed by atoms with Crippen LogP contribution in [-0.4, -0.2) is 60.0 Å². The minimum Gasteiger partial charge on any atom is -0.382 e. The van der Waals surface area contributed by atoms with Crippen molar-refractivity contribution < 1.29 is 36.5 Å². The van der Waals surface area contributed by atoms with Crippen molar-refractivity contribution >= 4 is 39.9 Å². The molecule has 7 rings (SSSR count). The monoisotopic (exact) mass is 811 g/mol. The summed E-state index contributed by atoms with van der Waals surface area (Å²) in [4.78, 5) is 30.9. The van der Waals surface area contributed by atoms with Gasteiger partial charge in [-0.25, -0.2) is 32.4 Å². The molecular formula is C38H34ClF6N10O2+. The molecule has 0 bridgehead atoms. The van der Waals surface area contributed by atoms with E-state index in [1.165, 1.54) is 15.6 Å². The number of nitrogens with zero attached hydrogens (tertiary/aromatic N) is 5. The largest absolute Gasteiger partial charge is 0.382 e. The Morgan fingerprint density at radius 3 is 2.54 bits per heavy atom. The highest BCUT2D eigenvalue weighted by molar-refractivity contribution is 6.37. The molecule has 57 heavy (non-hydrogen) atoms. The molecule has 5 aromatic rings. The molecule has 3 heterocycles. The number of carbonyl (C=O) groups is 1. The van der Waals surface area contributed by atoms with Crippen LogP contribution < -0.4 is 22.1 Å². The minimum absolute atomic E-state index is 0.0444. The summed E-state index contributed by atoms with van der Waals surface area (Å²) in [5.74, 6) is -2.27. The van der Waals surface area contributed by atoms with Gasteiger partial charge in [-0.1, -0.05) is 23.6 Å². The summed E-state index contributed by atoms with van der Waals surface area (Å²) >= 11 is 6.53. The molecule has 3 aromatic heterocycles. The second kappa shape index (κ2) is 14.5. The van der Waals surface area contributed by atoms with Crippen LogP contribution in [0.25, 0.3) is 22.0 Å². The number of nitrogens with two attached hydrogens (primary N) is 2. The Labute approximate surface area is 325 Å². The van der Waals surface area contributed by atoms with Gasteiger partial charge in [0, 0.05) is 41.6 Å². The van der Waals surface area contributed by atoms with Gasteiger partial charge in [-0.3, -0.25) is 19.5 Å². The molecule has 3 unspecified atom stereocenters. The van der Waals surface area contributed by atoms with Crippen molar-refractivity contribution in [2.45, 2.75) is 50.6 Å². The van der Waals surface area contributed by atoms with Gasteiger partial charge in [0.1, 0.15) is 34.9 Å². The summed E-state index contributed by atoms with van der Waals surface area (Å²) in [6, 6.07) is 8.03. The number of fused-ring (bicyclic) bond motifs is 2. The van der Waals surface area contributed by atoms with Gasteiger partial charge in [0.05, 0.1) is 27.7 Å². The van der Waals surface area contributed by atoms with Gasteiger partial charge in [-0.15, -0.1) is 0 Å². The normalized spacial score (nSPS) is 17.7. The molecule has 7 N–H and O–H groups in total. The van der Waals surface area contributed by atoms with Crippen LogP contribution in [0.15, 0.2) is 64.9 Å². The van der Waals surface area contributed by atoms with E-state index in [0.29, 0.717) is 33.1 Å². The Bertz CT molecular complexity index is 2600. The molecule has 0 radical (unpaired) electrons. The van der Waals surface area contributed by atoms with E-state index >= 15 is 8.78 Å². The van der Waals surface area contributed by atoms with E-state index in [1.807, 2.05) is 0 Å². The van der Waals surface area contributed by atoms with E-state index in [1.54, 1.807) is 45.2 Å². The predicted octanol–water partition coefficient (Wildman–Crippen LogP) is 4.61. The van der Waals surface area contributed by atoms with Crippen molar-refractivity contribution in [1.29, 1.82) is 5.41 Å². The van der Waals surface area contributed by atoms with E-state index in [2.05, 4.69) is 32.5 Å². The lowest BCUT2D eigenvalue weighted by Gasteiger charge is -2.23. The molecule has 12 nitrogen and oxygen atoms in total. The first kappa shape index (κ1) is 39.3. The lowest BCUT2D eigenvalue weighted by Crippen LogP contribution is -2.87. The number of hydrogen-bond donors (Lipinski definition) is 5. The van der Waals surface area contributed by atoms with Crippen molar-refractivity contribution in [3.8, 4) is 23.0 Å². The van der Waals surface area contributed by atoms with Crippen LogP contribution in [-0.2, 0) is 23.8 Å². The van der Waals surface area contributed by atoms with Gasteiger partial charge >= 0.3 is 11.6 Å². The first-order valence-electron chi connectivity index (χ1n) is 17.5. The number of benzene rings is 2. The number of nitrogen functional groups attached to an aromatic ring is 1. The zero-order chi connectivity index (χ0) is 41.1. The fraction of sp³-hybridized carbons (Fsp3) is 0.316. The maximum absolute atomic E-state index is 15.3. The van der Waals surface area contributed by atoms with Gasteiger partial charge in [-0.2, -0.15) is 19.0 Å². The smallest absolute Gasteiger partial charge is 0.344 e. The molecule has 0 aliphatic heterocycles. The highest BCUT2D eigenvalue weighted by atomic mass is 35.5. The van der Waals surface area contributed by atoms with Crippen LogP contribution in [0, 0.1) is 40.7 Å². The second-order valence-electron chi connectivity index (χ2n) is 14.4. The number of hydrogen-bond acceptors (Lipinski definition) is 7. The quantitative estimate of drug-likeness (QED) is 0.0740. The molecule has 0 saturated heterocycles. The van der Waals surface area contributed by atoms with Gasteiger partial charge in [0.15, 0.2) is 18.1 Å². The number of halogens is 7. The molecule has 2 aliphatic carbocycles. The summed E-state index contributed by atoms with van der Waals surface area (Å²) in [5.41, 5.74) is 3.84. The van der Waals surface area contributed by atoms with Crippen LogP contribution in [0.4, 0.5) is 32.2 Å². The molecule has 2 aromatic carbocycles. The van der Waals surface area contributed by atoms with E-state index < -0.39 is 82.5 Å². The number of carbonyl (C=O) groups excluding carboxylic acids is 1. The van der Waals surface area contributed by atoms with Crippen molar-refractivity contribution in [2.75, 3.05) is 12.3 Å². The van der Waals surface area contributed by atoms with E-state index in [-0.39, 0.29) is 35.6 Å². The summed E-state index contributed by atoms with van der Waals surface area (Å²) in [7, 11) is 1.63. The number of H-pyrrole nitrogens is 1. The van der Waals surface area contributed by atoms with Crippen molar-refractivity contribution in [2.24, 2.45) is 18.9 Å². The van der Waals surface area contributed by atoms with Crippen LogP contribution in [0.3, 0.4) is 0 Å². The Balaban J connectivity index is 1.34. The first-order valence-corrected chi connectivity index (χ1v) is 17.9. The van der Waals surface area contributed by atoms with Crippen molar-refractivity contribution in [3.63, 3.8) is 0 Å². The SMILES string of the molecule is Cn1nc(N)c2c(Cl)ccc(-c3ccc(C#CC(C)(C)n4cn[nH]c4=O)nc3C(Cc3cc(F)cc(F)c3)NC(=O)C[NH2+]C3=C(C(=N)C(F)F)C4CC4C3(F)F)c21. The van der Waals surface area contributed by atoms with Crippen LogP contribution >= 0.6 is 11.6 Å². The number of aromatic nitrogens is 6. The molecule has 2 aliphatic rings. The lowest BCUT2D eigenvalue weighted by molar-refractivity contribution is -0.609. The third-order valence-electron chi connectivity index (χ3n) is 10.1. The van der Waals surface area contributed by atoms with Gasteiger partial charge in [0.25, 0.3) is 12.3 Å². The summed E-state index contributed by atoms with van der Waals surface area (Å²) in [6.07, 6.45) is -2.33. The molecule has 296 valence electrons.